The molecule has 0 radical (unpaired) electrons. The van der Waals surface area contributed by atoms with Gasteiger partial charge in [0.2, 0.25) is 5.91 Å². The van der Waals surface area contributed by atoms with Crippen molar-refractivity contribution in [1.82, 2.24) is 9.80 Å². The molecule has 2 aliphatic rings. The molecule has 1 fully saturated rings. The van der Waals surface area contributed by atoms with Crippen LogP contribution in [0.2, 0.25) is 0 Å². The van der Waals surface area contributed by atoms with E-state index in [2.05, 4.69) is 5.32 Å². The van der Waals surface area contributed by atoms with Gasteiger partial charge in [0.25, 0.3) is 10.0 Å². The van der Waals surface area contributed by atoms with Gasteiger partial charge in [0.05, 0.1) is 10.6 Å². The molecule has 4 rings (SSSR count). The first-order valence-corrected chi connectivity index (χ1v) is 12.7. The number of anilines is 2. The van der Waals surface area contributed by atoms with Gasteiger partial charge in [-0.1, -0.05) is 18.2 Å². The van der Waals surface area contributed by atoms with Gasteiger partial charge >= 0.3 is 6.03 Å². The summed E-state index contributed by atoms with van der Waals surface area (Å²) in [5, 5.41) is 2.89. The second-order valence-electron chi connectivity index (χ2n) is 8.76. The Morgan fingerprint density at radius 2 is 1.64 bits per heavy atom. The van der Waals surface area contributed by atoms with Gasteiger partial charge in [-0.2, -0.15) is 0 Å². The van der Waals surface area contributed by atoms with E-state index in [4.69, 9.17) is 0 Å². The zero-order valence-electron chi connectivity index (χ0n) is 19.0. The van der Waals surface area contributed by atoms with Crippen molar-refractivity contribution in [2.45, 2.75) is 30.6 Å². The largest absolute Gasteiger partial charge is 0.331 e. The minimum absolute atomic E-state index is 0.0398. The molecule has 0 saturated carbocycles. The zero-order chi connectivity index (χ0) is 23.6. The summed E-state index contributed by atoms with van der Waals surface area (Å²) >= 11 is 0. The van der Waals surface area contributed by atoms with Gasteiger partial charge in [-0.25, -0.2) is 13.2 Å². The molecule has 2 heterocycles. The molecule has 0 aromatic heterocycles. The van der Waals surface area contributed by atoms with Crippen LogP contribution in [-0.2, 0) is 21.2 Å². The highest BCUT2D eigenvalue weighted by Crippen LogP contribution is 2.32. The number of benzene rings is 2. The fourth-order valence-electron chi connectivity index (χ4n) is 4.45. The smallest absolute Gasteiger partial charge is 0.319 e. The second-order valence-corrected chi connectivity index (χ2v) is 10.6. The van der Waals surface area contributed by atoms with Crippen LogP contribution in [0.3, 0.4) is 0 Å². The summed E-state index contributed by atoms with van der Waals surface area (Å²) in [6.07, 6.45) is 2.86. The van der Waals surface area contributed by atoms with Crippen molar-refractivity contribution in [3.8, 4) is 0 Å². The Morgan fingerprint density at radius 1 is 0.970 bits per heavy atom. The van der Waals surface area contributed by atoms with Crippen molar-refractivity contribution in [2.24, 2.45) is 5.92 Å². The van der Waals surface area contributed by atoms with Gasteiger partial charge in [-0.15, -0.1) is 0 Å². The maximum Gasteiger partial charge on any atom is 0.319 e. The van der Waals surface area contributed by atoms with Crippen LogP contribution in [0.25, 0.3) is 0 Å². The van der Waals surface area contributed by atoms with Crippen LogP contribution in [0, 0.1) is 5.92 Å². The van der Waals surface area contributed by atoms with Crippen LogP contribution < -0.4 is 9.62 Å². The number of likely N-dealkylation sites (tertiary alicyclic amines) is 1. The molecular formula is C24H30N4O4S. The number of carbonyl (C=O) groups is 2. The molecule has 0 unspecified atom stereocenters. The van der Waals surface area contributed by atoms with E-state index in [1.165, 1.54) is 4.31 Å². The summed E-state index contributed by atoms with van der Waals surface area (Å²) < 4.78 is 28.0. The number of para-hydroxylation sites is 1. The highest BCUT2D eigenvalue weighted by atomic mass is 32.2. The first-order valence-electron chi connectivity index (χ1n) is 11.2. The van der Waals surface area contributed by atoms with Crippen LogP contribution >= 0.6 is 0 Å². The fraction of sp³-hybridized carbons (Fsp3) is 0.417. The number of sulfonamides is 1. The average molecular weight is 471 g/mol. The maximum absolute atomic E-state index is 13.3. The van der Waals surface area contributed by atoms with E-state index in [1.54, 1.807) is 48.2 Å². The summed E-state index contributed by atoms with van der Waals surface area (Å²) in [5.74, 6) is -0.281. The molecule has 1 saturated heterocycles. The number of aryl methyl sites for hydroxylation is 1. The third-order valence-electron chi connectivity index (χ3n) is 6.30. The minimum Gasteiger partial charge on any atom is -0.331 e. The number of fused-ring (bicyclic) bond motifs is 1. The Balaban J connectivity index is 1.40. The number of rotatable bonds is 4. The van der Waals surface area contributed by atoms with Crippen molar-refractivity contribution in [2.75, 3.05) is 43.4 Å². The number of urea groups is 1. The molecule has 3 amide bonds. The van der Waals surface area contributed by atoms with Gasteiger partial charge in [0.15, 0.2) is 0 Å². The Hall–Kier alpha value is -3.07. The third kappa shape index (κ3) is 4.83. The standard InChI is InChI=1S/C24H30N4O4S/c1-26(2)24(30)27-16-13-19(14-17-27)23(29)25-20-9-11-21(12-10-20)33(31,32)28-15-5-7-18-6-3-4-8-22(18)28/h3-4,6,8-12,19H,5,7,13-17H2,1-2H3,(H,25,29). The summed E-state index contributed by atoms with van der Waals surface area (Å²) in [6.45, 7) is 1.54. The van der Waals surface area contributed by atoms with Crippen molar-refractivity contribution in [3.63, 3.8) is 0 Å². The number of amides is 3. The lowest BCUT2D eigenvalue weighted by Gasteiger charge is -2.33. The molecule has 0 aliphatic carbocycles. The molecule has 2 aromatic rings. The number of nitrogens with zero attached hydrogens (tertiary/aromatic N) is 3. The number of nitrogens with one attached hydrogen (secondary N) is 1. The van der Waals surface area contributed by atoms with Crippen LogP contribution in [0.5, 0.6) is 0 Å². The lowest BCUT2D eigenvalue weighted by Crippen LogP contribution is -2.45. The molecule has 8 nitrogen and oxygen atoms in total. The highest BCUT2D eigenvalue weighted by Gasteiger charge is 2.30. The lowest BCUT2D eigenvalue weighted by atomic mass is 9.96. The fourth-order valence-corrected chi connectivity index (χ4v) is 5.99. The summed E-state index contributed by atoms with van der Waals surface area (Å²) in [5.41, 5.74) is 2.33. The Bertz CT molecular complexity index is 1120. The van der Waals surface area contributed by atoms with Crippen molar-refractivity contribution in [3.05, 3.63) is 54.1 Å². The van der Waals surface area contributed by atoms with Crippen molar-refractivity contribution in [1.29, 1.82) is 0 Å². The van der Waals surface area contributed by atoms with Gasteiger partial charge in [-0.3, -0.25) is 9.10 Å². The van der Waals surface area contributed by atoms with E-state index in [9.17, 15) is 18.0 Å². The number of hydrogen-bond donors (Lipinski definition) is 1. The molecule has 9 heteroatoms. The first-order chi connectivity index (χ1) is 15.8. The van der Waals surface area contributed by atoms with E-state index in [1.807, 2.05) is 24.3 Å². The lowest BCUT2D eigenvalue weighted by molar-refractivity contribution is -0.121. The Morgan fingerprint density at radius 3 is 2.30 bits per heavy atom. The molecule has 1 N–H and O–H groups in total. The van der Waals surface area contributed by atoms with Gasteiger partial charge in [-0.05, 0) is 61.6 Å². The molecule has 0 bridgehead atoms. The third-order valence-corrected chi connectivity index (χ3v) is 8.12. The second kappa shape index (κ2) is 9.43. The van der Waals surface area contributed by atoms with Gasteiger partial charge < -0.3 is 15.1 Å². The molecule has 0 atom stereocenters. The van der Waals surface area contributed by atoms with Crippen molar-refractivity contribution < 1.29 is 18.0 Å². The normalized spacial score (nSPS) is 16.8. The average Bonchev–Trinajstić information content (AvgIpc) is 2.83. The quantitative estimate of drug-likeness (QED) is 0.743. The molecule has 33 heavy (non-hydrogen) atoms. The predicted octanol–water partition coefficient (Wildman–Crippen LogP) is 3.16. The Labute approximate surface area is 195 Å². The Kier molecular flexibility index (Phi) is 6.60. The van der Waals surface area contributed by atoms with Crippen LogP contribution in [-0.4, -0.2) is 63.9 Å². The summed E-state index contributed by atoms with van der Waals surface area (Å²) in [7, 11) is -0.249. The molecule has 2 aliphatic heterocycles. The first kappa shape index (κ1) is 23.1. The van der Waals surface area contributed by atoms with Crippen molar-refractivity contribution >= 4 is 33.3 Å². The zero-order valence-corrected chi connectivity index (χ0v) is 19.8. The summed E-state index contributed by atoms with van der Waals surface area (Å²) in [6, 6.07) is 13.9. The highest BCUT2D eigenvalue weighted by molar-refractivity contribution is 7.92. The van der Waals surface area contributed by atoms with E-state index in [-0.39, 0.29) is 22.8 Å². The predicted molar refractivity (Wildman–Crippen MR) is 128 cm³/mol. The summed E-state index contributed by atoms with van der Waals surface area (Å²) in [4.78, 5) is 28.2. The van der Waals surface area contributed by atoms with Crippen LogP contribution in [0.4, 0.5) is 16.2 Å². The minimum atomic E-state index is -3.68. The monoisotopic (exact) mass is 470 g/mol. The van der Waals surface area contributed by atoms with E-state index in [0.29, 0.717) is 38.2 Å². The van der Waals surface area contributed by atoms with Crippen LogP contribution in [0.1, 0.15) is 24.8 Å². The number of piperidine rings is 1. The molecule has 0 spiro atoms. The van der Waals surface area contributed by atoms with E-state index in [0.717, 1.165) is 24.1 Å². The van der Waals surface area contributed by atoms with Gasteiger partial charge in [0.1, 0.15) is 0 Å². The molecule has 2 aromatic carbocycles. The van der Waals surface area contributed by atoms with Crippen LogP contribution in [0.15, 0.2) is 53.4 Å². The topological polar surface area (TPSA) is 90.0 Å². The number of carbonyl (C=O) groups excluding carboxylic acids is 2. The van der Waals surface area contributed by atoms with E-state index >= 15 is 0 Å². The number of hydrogen-bond acceptors (Lipinski definition) is 4. The molecule has 176 valence electrons. The SMILES string of the molecule is CN(C)C(=O)N1CCC(C(=O)Nc2ccc(S(=O)(=O)N3CCCc4ccccc43)cc2)CC1. The maximum atomic E-state index is 13.3. The van der Waals surface area contributed by atoms with E-state index < -0.39 is 10.0 Å². The van der Waals surface area contributed by atoms with Gasteiger partial charge in [0, 0.05) is 45.3 Å². The molecular weight excluding hydrogens is 440 g/mol.